The van der Waals surface area contributed by atoms with Crippen molar-refractivity contribution < 1.29 is 4.39 Å². The van der Waals surface area contributed by atoms with Gasteiger partial charge in [0.1, 0.15) is 5.82 Å². The third-order valence-corrected chi connectivity index (χ3v) is 3.31. The third-order valence-electron chi connectivity index (χ3n) is 3.31. The van der Waals surface area contributed by atoms with Crippen LogP contribution in [0.25, 0.3) is 11.3 Å². The monoisotopic (exact) mass is 288 g/mol. The number of nitrogens with zero attached hydrogens (tertiary/aromatic N) is 1. The number of hydrogen-bond donors (Lipinski definition) is 1. The molecule has 0 aliphatic carbocycles. The lowest BCUT2D eigenvalue weighted by atomic mass is 10.1. The van der Waals surface area contributed by atoms with Gasteiger partial charge in [0.25, 0.3) is 5.56 Å². The van der Waals surface area contributed by atoms with Crippen molar-refractivity contribution in [1.29, 1.82) is 0 Å². The molecule has 0 amide bonds. The molecule has 0 unspecified atom stereocenters. The maximum absolute atomic E-state index is 13.1. The lowest BCUT2D eigenvalue weighted by Gasteiger charge is -2.16. The van der Waals surface area contributed by atoms with Crippen LogP contribution in [0.4, 0.5) is 4.39 Å². The maximum Gasteiger partial charge on any atom is 0.255 e. The number of nitrogens with one attached hydrogen (secondary N) is 1. The zero-order valence-corrected chi connectivity index (χ0v) is 12.7. The van der Waals surface area contributed by atoms with Gasteiger partial charge in [-0.3, -0.25) is 4.79 Å². The van der Waals surface area contributed by atoms with E-state index in [1.54, 1.807) is 16.7 Å². The van der Waals surface area contributed by atoms with Gasteiger partial charge in [0.05, 0.1) is 5.69 Å². The largest absolute Gasteiger partial charge is 0.315 e. The lowest BCUT2D eigenvalue weighted by Crippen LogP contribution is -2.28. The van der Waals surface area contributed by atoms with Gasteiger partial charge >= 0.3 is 0 Å². The molecule has 0 aliphatic heterocycles. The van der Waals surface area contributed by atoms with E-state index in [1.165, 1.54) is 12.1 Å². The molecule has 2 aromatic rings. The van der Waals surface area contributed by atoms with Crippen molar-refractivity contribution in [1.82, 2.24) is 9.88 Å². The Hall–Kier alpha value is -1.94. The van der Waals surface area contributed by atoms with Gasteiger partial charge in [0, 0.05) is 18.7 Å². The van der Waals surface area contributed by atoms with Crippen LogP contribution in [-0.4, -0.2) is 11.6 Å². The molecule has 0 bridgehead atoms. The average molecular weight is 288 g/mol. The van der Waals surface area contributed by atoms with Crippen molar-refractivity contribution in [2.45, 2.75) is 26.9 Å². The van der Waals surface area contributed by atoms with E-state index in [4.69, 9.17) is 0 Å². The molecule has 0 aliphatic rings. The van der Waals surface area contributed by atoms with Crippen molar-refractivity contribution in [2.75, 3.05) is 7.05 Å². The molecule has 0 saturated carbocycles. The molecule has 0 radical (unpaired) electrons. The quantitative estimate of drug-likeness (QED) is 0.917. The van der Waals surface area contributed by atoms with E-state index in [2.05, 4.69) is 19.2 Å². The molecular formula is C17H21FN2O. The molecule has 0 atom stereocenters. The Labute approximate surface area is 124 Å². The molecule has 1 heterocycles. The first-order valence-electron chi connectivity index (χ1n) is 7.16. The molecular weight excluding hydrogens is 267 g/mol. The van der Waals surface area contributed by atoms with Gasteiger partial charge in [0.2, 0.25) is 0 Å². The number of rotatable bonds is 5. The van der Waals surface area contributed by atoms with Crippen LogP contribution in [0.3, 0.4) is 0 Å². The van der Waals surface area contributed by atoms with Crippen molar-refractivity contribution in [3.63, 3.8) is 0 Å². The van der Waals surface area contributed by atoms with Gasteiger partial charge in [0.15, 0.2) is 0 Å². The zero-order valence-electron chi connectivity index (χ0n) is 12.7. The smallest absolute Gasteiger partial charge is 0.255 e. The fraction of sp³-hybridized carbons (Fsp3) is 0.353. The van der Waals surface area contributed by atoms with Gasteiger partial charge in [-0.05, 0) is 48.9 Å². The van der Waals surface area contributed by atoms with Crippen molar-refractivity contribution in [2.24, 2.45) is 5.92 Å². The first kappa shape index (κ1) is 15.4. The van der Waals surface area contributed by atoms with Crippen molar-refractivity contribution >= 4 is 0 Å². The molecule has 21 heavy (non-hydrogen) atoms. The number of aromatic nitrogens is 1. The Balaban J connectivity index is 2.56. The molecule has 3 nitrogen and oxygen atoms in total. The normalized spacial score (nSPS) is 11.1. The summed E-state index contributed by atoms with van der Waals surface area (Å²) in [6.45, 7) is 5.33. The van der Waals surface area contributed by atoms with E-state index in [1.807, 2.05) is 19.2 Å². The molecule has 1 N–H and O–H groups in total. The molecule has 2 rings (SSSR count). The van der Waals surface area contributed by atoms with E-state index in [-0.39, 0.29) is 11.4 Å². The van der Waals surface area contributed by atoms with Gasteiger partial charge < -0.3 is 9.88 Å². The summed E-state index contributed by atoms with van der Waals surface area (Å²) in [5.74, 6) is 0.0787. The lowest BCUT2D eigenvalue weighted by molar-refractivity contribution is 0.511. The van der Waals surface area contributed by atoms with Gasteiger partial charge in [-0.25, -0.2) is 4.39 Å². The Morgan fingerprint density at radius 3 is 2.38 bits per heavy atom. The highest BCUT2D eigenvalue weighted by Gasteiger charge is 2.11. The molecule has 1 aromatic heterocycles. The van der Waals surface area contributed by atoms with Crippen LogP contribution in [-0.2, 0) is 13.1 Å². The summed E-state index contributed by atoms with van der Waals surface area (Å²) in [5.41, 5.74) is 2.43. The highest BCUT2D eigenvalue weighted by Crippen LogP contribution is 2.20. The maximum atomic E-state index is 13.1. The van der Waals surface area contributed by atoms with E-state index >= 15 is 0 Å². The van der Waals surface area contributed by atoms with Crippen molar-refractivity contribution in [3.8, 4) is 11.3 Å². The summed E-state index contributed by atoms with van der Waals surface area (Å²) >= 11 is 0. The second-order valence-electron chi connectivity index (χ2n) is 5.59. The Morgan fingerprint density at radius 1 is 1.14 bits per heavy atom. The molecule has 0 saturated heterocycles. The molecule has 0 spiro atoms. The third kappa shape index (κ3) is 3.58. The SMILES string of the molecule is CNCc1ccc(-c2ccc(F)cc2)n(CC(C)C)c1=O. The second kappa shape index (κ2) is 6.68. The standard InChI is InChI=1S/C17H21FN2O/c1-12(2)11-20-16(13-4-7-15(18)8-5-13)9-6-14(10-19-3)17(20)21/h4-9,12,19H,10-11H2,1-3H3. The summed E-state index contributed by atoms with van der Waals surface area (Å²) in [6, 6.07) is 10.0. The van der Waals surface area contributed by atoms with Gasteiger partial charge in [-0.15, -0.1) is 0 Å². The van der Waals surface area contributed by atoms with E-state index in [0.717, 1.165) is 16.8 Å². The minimum Gasteiger partial charge on any atom is -0.315 e. The summed E-state index contributed by atoms with van der Waals surface area (Å²) < 4.78 is 14.9. The van der Waals surface area contributed by atoms with Gasteiger partial charge in [-0.2, -0.15) is 0 Å². The van der Waals surface area contributed by atoms with E-state index in [9.17, 15) is 9.18 Å². The highest BCUT2D eigenvalue weighted by atomic mass is 19.1. The predicted molar refractivity (Wildman–Crippen MR) is 83.7 cm³/mol. The van der Waals surface area contributed by atoms with E-state index in [0.29, 0.717) is 19.0 Å². The van der Waals surface area contributed by atoms with Crippen LogP contribution in [0.5, 0.6) is 0 Å². The summed E-state index contributed by atoms with van der Waals surface area (Å²) in [7, 11) is 1.82. The van der Waals surface area contributed by atoms with Crippen LogP contribution >= 0.6 is 0 Å². The minimum atomic E-state index is -0.275. The first-order valence-corrected chi connectivity index (χ1v) is 7.16. The van der Waals surface area contributed by atoms with Crippen LogP contribution in [0.15, 0.2) is 41.2 Å². The first-order chi connectivity index (χ1) is 10.0. The molecule has 0 fully saturated rings. The second-order valence-corrected chi connectivity index (χ2v) is 5.59. The van der Waals surface area contributed by atoms with Crippen molar-refractivity contribution in [3.05, 3.63) is 58.1 Å². The van der Waals surface area contributed by atoms with Crippen LogP contribution in [0.2, 0.25) is 0 Å². The number of halogens is 1. The van der Waals surface area contributed by atoms with E-state index < -0.39 is 0 Å². The number of pyridine rings is 1. The number of benzene rings is 1. The average Bonchev–Trinajstić information content (AvgIpc) is 2.44. The molecule has 112 valence electrons. The minimum absolute atomic E-state index is 0.0138. The van der Waals surface area contributed by atoms with Crippen LogP contribution < -0.4 is 10.9 Å². The summed E-state index contributed by atoms with van der Waals surface area (Å²) in [5, 5.41) is 3.01. The van der Waals surface area contributed by atoms with Gasteiger partial charge in [-0.1, -0.05) is 19.9 Å². The Bertz CT molecular complexity index is 659. The summed E-state index contributed by atoms with van der Waals surface area (Å²) in [4.78, 5) is 12.6. The zero-order chi connectivity index (χ0) is 15.4. The molecule has 1 aromatic carbocycles. The topological polar surface area (TPSA) is 34.0 Å². The fourth-order valence-electron chi connectivity index (χ4n) is 2.37. The predicted octanol–water partition coefficient (Wildman–Crippen LogP) is 3.03. The summed E-state index contributed by atoms with van der Waals surface area (Å²) in [6.07, 6.45) is 0. The highest BCUT2D eigenvalue weighted by molar-refractivity contribution is 5.59. The Morgan fingerprint density at radius 2 is 1.81 bits per heavy atom. The fourth-order valence-corrected chi connectivity index (χ4v) is 2.37. The number of hydrogen-bond acceptors (Lipinski definition) is 2. The van der Waals surface area contributed by atoms with Crippen LogP contribution in [0, 0.1) is 11.7 Å². The van der Waals surface area contributed by atoms with Crippen LogP contribution in [0.1, 0.15) is 19.4 Å². The molecule has 4 heteroatoms. The Kier molecular flexibility index (Phi) is 4.91.